The van der Waals surface area contributed by atoms with Crippen LogP contribution in [0.2, 0.25) is 0 Å². The number of hydrogen-bond donors (Lipinski definition) is 2. The number of nitrogens with zero attached hydrogens (tertiary/aromatic N) is 5. The first-order chi connectivity index (χ1) is 20.8. The number of rotatable bonds is 9. The van der Waals surface area contributed by atoms with Crippen molar-refractivity contribution in [2.45, 2.75) is 68.9 Å². The highest BCUT2D eigenvalue weighted by atomic mass is 32.2. The molecule has 2 atom stereocenters. The molecule has 0 aliphatic heterocycles. The van der Waals surface area contributed by atoms with Gasteiger partial charge < -0.3 is 10.4 Å². The van der Waals surface area contributed by atoms with Gasteiger partial charge in [-0.3, -0.25) is 14.4 Å². The van der Waals surface area contributed by atoms with E-state index >= 15 is 0 Å². The molecular formula is C33H36N6O3S. The molecule has 2 aliphatic rings. The first kappa shape index (κ1) is 29.0. The average Bonchev–Trinajstić information content (AvgIpc) is 3.42. The van der Waals surface area contributed by atoms with Crippen molar-refractivity contribution in [3.63, 3.8) is 0 Å². The summed E-state index contributed by atoms with van der Waals surface area (Å²) in [5, 5.41) is 13.2. The summed E-state index contributed by atoms with van der Waals surface area (Å²) in [5.74, 6) is 0.749. The fourth-order valence-corrected chi connectivity index (χ4v) is 7.62. The maximum Gasteiger partial charge on any atom is 0.328 e. The van der Waals surface area contributed by atoms with Crippen LogP contribution in [0.5, 0.6) is 0 Å². The van der Waals surface area contributed by atoms with Gasteiger partial charge in [0.1, 0.15) is 22.4 Å². The molecule has 2 saturated carbocycles. The molecule has 3 heterocycles. The lowest BCUT2D eigenvalue weighted by atomic mass is 9.58. The summed E-state index contributed by atoms with van der Waals surface area (Å²) >= 11 is 1.59. The molecule has 0 radical (unpaired) electrons. The van der Waals surface area contributed by atoms with Crippen LogP contribution in [0, 0.1) is 5.41 Å². The Balaban J connectivity index is 1.31. The minimum Gasteiger partial charge on any atom is -0.480 e. The zero-order valence-corrected chi connectivity index (χ0v) is 25.5. The van der Waals surface area contributed by atoms with Gasteiger partial charge in [0.2, 0.25) is 0 Å². The largest absolute Gasteiger partial charge is 0.480 e. The maximum absolute atomic E-state index is 13.3. The Morgan fingerprint density at radius 3 is 2.53 bits per heavy atom. The lowest BCUT2D eigenvalue weighted by molar-refractivity contribution is -0.138. The number of thioether (sulfide) groups is 1. The third kappa shape index (κ3) is 5.44. The highest BCUT2D eigenvalue weighted by Crippen LogP contribution is 2.51. The third-order valence-electron chi connectivity index (χ3n) is 8.46. The van der Waals surface area contributed by atoms with Crippen LogP contribution in [0.3, 0.4) is 0 Å². The van der Waals surface area contributed by atoms with Crippen molar-refractivity contribution >= 4 is 46.2 Å². The normalized spacial score (nSPS) is 19.6. The van der Waals surface area contributed by atoms with Gasteiger partial charge in [-0.15, -0.1) is 11.8 Å². The lowest BCUT2D eigenvalue weighted by Crippen LogP contribution is -2.62. The highest BCUT2D eigenvalue weighted by Gasteiger charge is 2.59. The average molecular weight is 597 g/mol. The monoisotopic (exact) mass is 596 g/mol. The van der Waals surface area contributed by atoms with Crippen molar-refractivity contribution in [3.05, 3.63) is 66.5 Å². The van der Waals surface area contributed by atoms with Crippen LogP contribution in [-0.2, 0) is 16.0 Å². The number of nitrogens with one attached hydrogen (secondary N) is 1. The quantitative estimate of drug-likeness (QED) is 0.241. The number of imidazole rings is 1. The Morgan fingerprint density at radius 1 is 1.12 bits per heavy atom. The number of fused-ring (bicyclic) bond motifs is 1. The molecule has 1 spiro atoms. The van der Waals surface area contributed by atoms with E-state index in [1.165, 1.54) is 0 Å². The predicted octanol–water partition coefficient (Wildman–Crippen LogP) is 6.00. The molecule has 4 aromatic rings. The number of ketones is 1. The molecule has 9 nitrogen and oxygen atoms in total. The van der Waals surface area contributed by atoms with Crippen LogP contribution in [0.15, 0.2) is 65.9 Å². The van der Waals surface area contributed by atoms with Gasteiger partial charge in [-0.2, -0.15) is 0 Å². The lowest BCUT2D eigenvalue weighted by Gasteiger charge is -2.50. The molecule has 222 valence electrons. The number of carboxylic acids is 1. The van der Waals surface area contributed by atoms with Crippen molar-refractivity contribution in [1.29, 1.82) is 0 Å². The van der Waals surface area contributed by atoms with Gasteiger partial charge in [-0.25, -0.2) is 19.7 Å². The van der Waals surface area contributed by atoms with Gasteiger partial charge in [0.05, 0.1) is 5.41 Å². The van der Waals surface area contributed by atoms with Crippen LogP contribution in [0.1, 0.15) is 51.5 Å². The van der Waals surface area contributed by atoms with Crippen molar-refractivity contribution < 1.29 is 14.7 Å². The summed E-state index contributed by atoms with van der Waals surface area (Å²) in [6, 6.07) is 14.5. The SMILES string of the molecule is CNc1ccc(-c2nc3cccnc3n2-c2ccc(C[C@H](N=C3C(SC(C)C)C(=O)C34CCCCC4)C(=O)O)cc2)cn1. The number of aliphatic imine (C=N–C) groups is 1. The standard InChI is InChI=1S/C33H36N6O3S/c1-20(2)43-27-28(33(29(27)40)15-5-4-6-16-33)37-25(32(41)42)18-21-9-12-23(13-10-21)39-30(22-11-14-26(34-3)36-19-22)38-24-8-7-17-35-31(24)39/h7-14,17,19-20,25,27H,4-6,15-16,18H2,1-3H3,(H,34,36)(H,41,42)/t25-,27?/m0/s1. The second kappa shape index (κ2) is 11.9. The number of aliphatic carboxylic acids is 1. The maximum atomic E-state index is 13.3. The Kier molecular flexibility index (Phi) is 8.05. The van der Waals surface area contributed by atoms with Gasteiger partial charge in [-0.05, 0) is 54.8 Å². The summed E-state index contributed by atoms with van der Waals surface area (Å²) in [4.78, 5) is 44.6. The summed E-state index contributed by atoms with van der Waals surface area (Å²) in [6.45, 7) is 4.13. The number of carboxylic acid groups (broad SMARTS) is 1. The number of hydrogen-bond acceptors (Lipinski definition) is 8. The number of carbonyl (C=O) groups excluding carboxylic acids is 1. The fourth-order valence-electron chi connectivity index (χ4n) is 6.31. The Hall–Kier alpha value is -4.05. The summed E-state index contributed by atoms with van der Waals surface area (Å²) in [7, 11) is 1.83. The molecule has 2 N–H and O–H groups in total. The van der Waals surface area contributed by atoms with Crippen molar-refractivity contribution in [3.8, 4) is 17.1 Å². The second-order valence-electron chi connectivity index (χ2n) is 11.6. The van der Waals surface area contributed by atoms with E-state index in [1.807, 2.05) is 60.1 Å². The molecule has 10 heteroatoms. The first-order valence-corrected chi connectivity index (χ1v) is 15.8. The van der Waals surface area contributed by atoms with Crippen LogP contribution in [0.25, 0.3) is 28.2 Å². The number of benzene rings is 1. The summed E-state index contributed by atoms with van der Waals surface area (Å²) in [5.41, 5.74) is 4.29. The Morgan fingerprint density at radius 2 is 1.88 bits per heavy atom. The van der Waals surface area contributed by atoms with Gasteiger partial charge in [-0.1, -0.05) is 45.2 Å². The number of anilines is 1. The zero-order valence-electron chi connectivity index (χ0n) is 24.7. The molecule has 3 aromatic heterocycles. The molecule has 1 aromatic carbocycles. The number of Topliss-reactive ketones (excluding diaryl/α,β-unsaturated/α-hetero) is 1. The molecule has 2 fully saturated rings. The van der Waals surface area contributed by atoms with E-state index in [0.29, 0.717) is 5.82 Å². The van der Waals surface area contributed by atoms with Crippen molar-refractivity contribution in [2.24, 2.45) is 10.4 Å². The molecular weight excluding hydrogens is 560 g/mol. The molecule has 0 amide bonds. The van der Waals surface area contributed by atoms with Crippen LogP contribution < -0.4 is 5.32 Å². The van der Waals surface area contributed by atoms with Gasteiger partial charge in [0, 0.05) is 48.1 Å². The topological polar surface area (TPSA) is 122 Å². The Labute approximate surface area is 255 Å². The number of aromatic nitrogens is 4. The molecule has 6 rings (SSSR count). The highest BCUT2D eigenvalue weighted by molar-refractivity contribution is 8.02. The molecule has 1 unspecified atom stereocenters. The third-order valence-corrected chi connectivity index (χ3v) is 9.72. The smallest absolute Gasteiger partial charge is 0.328 e. The van der Waals surface area contributed by atoms with E-state index in [4.69, 9.17) is 9.98 Å². The van der Waals surface area contributed by atoms with Gasteiger partial charge in [0.25, 0.3) is 0 Å². The van der Waals surface area contributed by atoms with E-state index < -0.39 is 17.4 Å². The van der Waals surface area contributed by atoms with E-state index in [9.17, 15) is 14.7 Å². The minimum atomic E-state index is -0.972. The second-order valence-corrected chi connectivity index (χ2v) is 13.3. The molecule has 43 heavy (non-hydrogen) atoms. The zero-order chi connectivity index (χ0) is 30.1. The van der Waals surface area contributed by atoms with Crippen LogP contribution in [-0.4, -0.2) is 65.7 Å². The van der Waals surface area contributed by atoms with Gasteiger partial charge >= 0.3 is 5.97 Å². The molecule has 0 saturated heterocycles. The van der Waals surface area contributed by atoms with E-state index in [-0.39, 0.29) is 22.7 Å². The molecule has 0 bridgehead atoms. The number of carbonyl (C=O) groups is 2. The van der Waals surface area contributed by atoms with Gasteiger partial charge in [0.15, 0.2) is 17.5 Å². The summed E-state index contributed by atoms with van der Waals surface area (Å²) < 4.78 is 1.99. The first-order valence-electron chi connectivity index (χ1n) is 14.9. The van der Waals surface area contributed by atoms with E-state index in [0.717, 1.165) is 71.6 Å². The van der Waals surface area contributed by atoms with Crippen LogP contribution >= 0.6 is 11.8 Å². The minimum absolute atomic E-state index is 0.242. The molecule has 2 aliphatic carbocycles. The number of pyridine rings is 2. The Bertz CT molecular complexity index is 1670. The summed E-state index contributed by atoms with van der Waals surface area (Å²) in [6.07, 6.45) is 8.41. The van der Waals surface area contributed by atoms with Crippen LogP contribution in [0.4, 0.5) is 5.82 Å². The fraction of sp³-hybridized carbons (Fsp3) is 0.394. The van der Waals surface area contributed by atoms with E-state index in [1.54, 1.807) is 24.2 Å². The predicted molar refractivity (Wildman–Crippen MR) is 171 cm³/mol. The van der Waals surface area contributed by atoms with Crippen molar-refractivity contribution in [2.75, 3.05) is 12.4 Å². The van der Waals surface area contributed by atoms with E-state index in [2.05, 4.69) is 29.1 Å². The van der Waals surface area contributed by atoms with Crippen molar-refractivity contribution in [1.82, 2.24) is 19.5 Å².